The molecule has 1 unspecified atom stereocenters. The summed E-state index contributed by atoms with van der Waals surface area (Å²) in [4.78, 5) is 21.1. The Morgan fingerprint density at radius 2 is 2.08 bits per heavy atom. The lowest BCUT2D eigenvalue weighted by molar-refractivity contribution is 0.450. The minimum atomic E-state index is -0.0513. The van der Waals surface area contributed by atoms with Crippen molar-refractivity contribution >= 4 is 27.2 Å². The van der Waals surface area contributed by atoms with Crippen molar-refractivity contribution in [1.82, 2.24) is 20.1 Å². The molecule has 4 aromatic rings. The van der Waals surface area contributed by atoms with Gasteiger partial charge in [0.05, 0.1) is 34.6 Å². The number of nitrogens with one attached hydrogen (secondary N) is 1. The molecule has 0 spiro atoms. The van der Waals surface area contributed by atoms with Gasteiger partial charge < -0.3 is 10.2 Å². The third-order valence-corrected chi connectivity index (χ3v) is 9.59. The van der Waals surface area contributed by atoms with E-state index in [0.717, 1.165) is 77.0 Å². The number of benzene rings is 1. The lowest BCUT2D eigenvalue weighted by Crippen LogP contribution is -2.40. The molecule has 1 aromatic carbocycles. The summed E-state index contributed by atoms with van der Waals surface area (Å²) in [6, 6.07) is 12.9. The molecule has 1 atom stereocenters. The predicted molar refractivity (Wildman–Crippen MR) is 155 cm³/mol. The largest absolute Gasteiger partial charge is 0.366 e. The summed E-state index contributed by atoms with van der Waals surface area (Å²) in [5.74, 6) is 0.511. The molecule has 1 saturated carbocycles. The number of anilines is 1. The number of aryl methyl sites for hydroxylation is 1. The molecule has 2 aliphatic heterocycles. The first kappa shape index (κ1) is 24.5. The van der Waals surface area contributed by atoms with E-state index >= 15 is 0 Å². The molecule has 5 heterocycles. The SMILES string of the molecule is CC1(C)CC(N2CCCc3cc(C#N)cc(-c4ccnc5cc(Cn6ncc(C7CC7)cc6=O)sc45)c32)CN1. The number of pyridine rings is 1. The van der Waals surface area contributed by atoms with Crippen LogP contribution in [0.2, 0.25) is 0 Å². The number of fused-ring (bicyclic) bond motifs is 2. The number of hydrogen-bond donors (Lipinski definition) is 1. The number of aromatic nitrogens is 3. The van der Waals surface area contributed by atoms with Crippen LogP contribution in [0.4, 0.5) is 5.69 Å². The first-order valence-electron chi connectivity index (χ1n) is 13.9. The van der Waals surface area contributed by atoms with Gasteiger partial charge in [-0.15, -0.1) is 11.3 Å². The van der Waals surface area contributed by atoms with Gasteiger partial charge in [0.15, 0.2) is 0 Å². The van der Waals surface area contributed by atoms with E-state index in [0.29, 0.717) is 24.1 Å². The van der Waals surface area contributed by atoms with Gasteiger partial charge in [-0.1, -0.05) is 0 Å². The maximum atomic E-state index is 12.8. The zero-order valence-corrected chi connectivity index (χ0v) is 23.2. The van der Waals surface area contributed by atoms with E-state index in [1.807, 2.05) is 12.4 Å². The van der Waals surface area contributed by atoms with E-state index < -0.39 is 0 Å². The highest BCUT2D eigenvalue weighted by atomic mass is 32.1. The van der Waals surface area contributed by atoms with Crippen LogP contribution in [0.15, 0.2) is 47.5 Å². The molecule has 198 valence electrons. The third kappa shape index (κ3) is 4.54. The van der Waals surface area contributed by atoms with Crippen LogP contribution < -0.4 is 15.8 Å². The van der Waals surface area contributed by atoms with Crippen LogP contribution >= 0.6 is 11.3 Å². The maximum absolute atomic E-state index is 12.8. The number of nitriles is 1. The monoisotopic (exact) mass is 536 g/mol. The molecular formula is C31H32N6OS. The van der Waals surface area contributed by atoms with Crippen LogP contribution in [0.5, 0.6) is 0 Å². The molecule has 3 aromatic heterocycles. The highest BCUT2D eigenvalue weighted by molar-refractivity contribution is 7.19. The second kappa shape index (κ2) is 9.29. The van der Waals surface area contributed by atoms with E-state index in [9.17, 15) is 10.1 Å². The summed E-state index contributed by atoms with van der Waals surface area (Å²) in [5, 5.41) is 18.1. The van der Waals surface area contributed by atoms with Crippen LogP contribution in [0.25, 0.3) is 21.3 Å². The molecule has 39 heavy (non-hydrogen) atoms. The molecule has 3 aliphatic rings. The summed E-state index contributed by atoms with van der Waals surface area (Å²) in [7, 11) is 0. The van der Waals surface area contributed by atoms with Gasteiger partial charge in [0.1, 0.15) is 0 Å². The highest BCUT2D eigenvalue weighted by Crippen LogP contribution is 2.44. The summed E-state index contributed by atoms with van der Waals surface area (Å²) in [5.41, 5.74) is 7.47. The van der Waals surface area contributed by atoms with Gasteiger partial charge in [-0.2, -0.15) is 10.4 Å². The van der Waals surface area contributed by atoms with Crippen molar-refractivity contribution in [3.8, 4) is 17.2 Å². The van der Waals surface area contributed by atoms with Gasteiger partial charge in [0, 0.05) is 58.6 Å². The molecule has 1 N–H and O–H groups in total. The smallest absolute Gasteiger partial charge is 0.267 e. The summed E-state index contributed by atoms with van der Waals surface area (Å²) in [6.07, 6.45) is 9.17. The van der Waals surface area contributed by atoms with Crippen molar-refractivity contribution in [2.45, 2.75) is 70.0 Å². The fourth-order valence-corrected chi connectivity index (χ4v) is 7.51. The Morgan fingerprint density at radius 1 is 1.21 bits per heavy atom. The molecule has 8 heteroatoms. The minimum absolute atomic E-state index is 0.0513. The van der Waals surface area contributed by atoms with E-state index in [1.54, 1.807) is 22.1 Å². The molecular weight excluding hydrogens is 504 g/mol. The first-order valence-corrected chi connectivity index (χ1v) is 14.7. The van der Waals surface area contributed by atoms with Gasteiger partial charge in [0.25, 0.3) is 5.56 Å². The third-order valence-electron chi connectivity index (χ3n) is 8.45. The number of thiophene rings is 1. The van der Waals surface area contributed by atoms with Gasteiger partial charge in [-0.3, -0.25) is 9.78 Å². The van der Waals surface area contributed by atoms with Gasteiger partial charge in [-0.25, -0.2) is 4.68 Å². The molecule has 1 saturated heterocycles. The van der Waals surface area contributed by atoms with Crippen LogP contribution in [-0.2, 0) is 13.0 Å². The standard InChI is InChI=1S/C31H32N6OS/c1-31(2)14-23(17-34-31)36-9-3-4-21-10-19(15-32)11-26(29(21)36)25-7-8-33-27-13-24(39-30(25)27)18-37-28(38)12-22(16-35-37)20-5-6-20/h7-8,10-13,16,20,23,34H,3-6,9,14,17-18H2,1-2H3. The average molecular weight is 537 g/mol. The van der Waals surface area contributed by atoms with Gasteiger partial charge in [0.2, 0.25) is 0 Å². The fraction of sp³-hybridized carbons (Fsp3) is 0.419. The van der Waals surface area contributed by atoms with Crippen molar-refractivity contribution in [2.24, 2.45) is 0 Å². The Balaban J connectivity index is 1.31. The second-order valence-electron chi connectivity index (χ2n) is 11.9. The topological polar surface area (TPSA) is 86.8 Å². The van der Waals surface area contributed by atoms with Gasteiger partial charge >= 0.3 is 0 Å². The van der Waals surface area contributed by atoms with Crippen molar-refractivity contribution in [3.05, 3.63) is 74.6 Å². The highest BCUT2D eigenvalue weighted by Gasteiger charge is 2.37. The van der Waals surface area contributed by atoms with Crippen molar-refractivity contribution in [1.29, 1.82) is 5.26 Å². The molecule has 7 rings (SSSR count). The van der Waals surface area contributed by atoms with Crippen LogP contribution in [0.1, 0.15) is 67.0 Å². The Kier molecular flexibility index (Phi) is 5.83. The lowest BCUT2D eigenvalue weighted by Gasteiger charge is -2.38. The van der Waals surface area contributed by atoms with Crippen LogP contribution in [0.3, 0.4) is 0 Å². The zero-order valence-electron chi connectivity index (χ0n) is 22.4. The van der Waals surface area contributed by atoms with Crippen molar-refractivity contribution < 1.29 is 0 Å². The zero-order chi connectivity index (χ0) is 26.7. The van der Waals surface area contributed by atoms with E-state index in [-0.39, 0.29) is 11.1 Å². The van der Waals surface area contributed by atoms with Gasteiger partial charge in [-0.05, 0) is 87.3 Å². The minimum Gasteiger partial charge on any atom is -0.366 e. The summed E-state index contributed by atoms with van der Waals surface area (Å²) < 4.78 is 2.63. The number of nitrogens with zero attached hydrogens (tertiary/aromatic N) is 5. The lowest BCUT2D eigenvalue weighted by atomic mass is 9.90. The average Bonchev–Trinajstić information content (AvgIpc) is 3.60. The molecule has 1 aliphatic carbocycles. The van der Waals surface area contributed by atoms with E-state index in [2.05, 4.69) is 64.5 Å². The van der Waals surface area contributed by atoms with E-state index in [1.165, 1.54) is 11.3 Å². The normalized spacial score (nSPS) is 20.2. The fourth-order valence-electron chi connectivity index (χ4n) is 6.39. The van der Waals surface area contributed by atoms with Crippen molar-refractivity contribution in [3.63, 3.8) is 0 Å². The molecule has 0 amide bonds. The predicted octanol–water partition coefficient (Wildman–Crippen LogP) is 5.21. The first-order chi connectivity index (χ1) is 18.9. The Hall–Kier alpha value is -3.54. The summed E-state index contributed by atoms with van der Waals surface area (Å²) >= 11 is 1.67. The number of hydrogen-bond acceptors (Lipinski definition) is 7. The quantitative estimate of drug-likeness (QED) is 0.377. The number of rotatable bonds is 5. The molecule has 2 fully saturated rings. The van der Waals surface area contributed by atoms with E-state index in [4.69, 9.17) is 0 Å². The molecule has 7 nitrogen and oxygen atoms in total. The van der Waals surface area contributed by atoms with Crippen molar-refractivity contribution in [2.75, 3.05) is 18.0 Å². The molecule has 0 radical (unpaired) electrons. The maximum Gasteiger partial charge on any atom is 0.267 e. The second-order valence-corrected chi connectivity index (χ2v) is 13.0. The van der Waals surface area contributed by atoms with Crippen LogP contribution in [-0.4, -0.2) is 39.4 Å². The van der Waals surface area contributed by atoms with Crippen LogP contribution in [0, 0.1) is 11.3 Å². The Labute approximate surface area is 232 Å². The molecule has 0 bridgehead atoms. The summed E-state index contributed by atoms with van der Waals surface area (Å²) in [6.45, 7) is 6.95. The Morgan fingerprint density at radius 3 is 2.82 bits per heavy atom. The Bertz CT molecular complexity index is 1690.